The molecule has 0 atom stereocenters. The molecular weight excluding hydrogens is 384 g/mol. The maximum absolute atomic E-state index is 12.3. The molecule has 0 fully saturated rings. The monoisotopic (exact) mass is 390 g/mol. The van der Waals surface area contributed by atoms with Crippen LogP contribution in [0.1, 0.15) is 0 Å². The van der Waals surface area contributed by atoms with Gasteiger partial charge in [-0.3, -0.25) is 9.71 Å². The number of anilines is 1. The number of rotatable bonds is 3. The van der Waals surface area contributed by atoms with Crippen molar-refractivity contribution in [2.75, 3.05) is 11.5 Å². The minimum Gasteiger partial charge on any atom is -0.454 e. The van der Waals surface area contributed by atoms with Gasteiger partial charge in [-0.1, -0.05) is 11.6 Å². The average Bonchev–Trinajstić information content (AvgIpc) is 2.86. The summed E-state index contributed by atoms with van der Waals surface area (Å²) in [4.78, 5) is 3.85. The second kappa shape index (κ2) is 5.36. The van der Waals surface area contributed by atoms with E-state index in [2.05, 4.69) is 25.6 Å². The van der Waals surface area contributed by atoms with E-state index < -0.39 is 10.0 Å². The standard InChI is InChI=1S/C12H8BrClN2O4S/c13-7-1-8(5-15-4-7)21(17,18)16-10-3-12-11(2-9(10)14)19-6-20-12/h1-5,16H,6H2. The number of sulfonamides is 1. The van der Waals surface area contributed by atoms with Gasteiger partial charge in [-0.25, -0.2) is 8.42 Å². The molecular formula is C12H8BrClN2O4S. The summed E-state index contributed by atoms with van der Waals surface area (Å²) in [5.41, 5.74) is 0.209. The van der Waals surface area contributed by atoms with Gasteiger partial charge in [-0.2, -0.15) is 0 Å². The van der Waals surface area contributed by atoms with Crippen LogP contribution in [0.25, 0.3) is 0 Å². The molecule has 1 aromatic heterocycles. The Hall–Kier alpha value is -1.51. The molecule has 1 aromatic carbocycles. The van der Waals surface area contributed by atoms with Crippen LogP contribution in [0.15, 0.2) is 40.0 Å². The van der Waals surface area contributed by atoms with E-state index in [4.69, 9.17) is 21.1 Å². The fourth-order valence-electron chi connectivity index (χ4n) is 1.74. The minimum atomic E-state index is -3.80. The fourth-order valence-corrected chi connectivity index (χ4v) is 3.57. The highest BCUT2D eigenvalue weighted by Crippen LogP contribution is 2.39. The van der Waals surface area contributed by atoms with Gasteiger partial charge in [-0.05, 0) is 22.0 Å². The summed E-state index contributed by atoms with van der Waals surface area (Å²) < 4.78 is 37.9. The number of benzene rings is 1. The molecule has 1 aliphatic rings. The number of fused-ring (bicyclic) bond motifs is 1. The summed E-state index contributed by atoms with van der Waals surface area (Å²) in [7, 11) is -3.80. The van der Waals surface area contributed by atoms with E-state index in [0.29, 0.717) is 16.0 Å². The van der Waals surface area contributed by atoms with Crippen molar-refractivity contribution < 1.29 is 17.9 Å². The van der Waals surface area contributed by atoms with Crippen LogP contribution in [0.5, 0.6) is 11.5 Å². The molecule has 0 saturated carbocycles. The first-order valence-corrected chi connectivity index (χ1v) is 8.34. The Labute approximate surface area is 134 Å². The van der Waals surface area contributed by atoms with Crippen molar-refractivity contribution >= 4 is 43.2 Å². The van der Waals surface area contributed by atoms with Crippen LogP contribution in [0.3, 0.4) is 0 Å². The lowest BCUT2D eigenvalue weighted by Gasteiger charge is -2.10. The lowest BCUT2D eigenvalue weighted by atomic mass is 10.3. The van der Waals surface area contributed by atoms with Crippen LogP contribution >= 0.6 is 27.5 Å². The van der Waals surface area contributed by atoms with Gasteiger partial charge in [0.25, 0.3) is 10.0 Å². The maximum atomic E-state index is 12.3. The van der Waals surface area contributed by atoms with E-state index in [1.165, 1.54) is 30.6 Å². The van der Waals surface area contributed by atoms with Gasteiger partial charge in [0.1, 0.15) is 4.90 Å². The van der Waals surface area contributed by atoms with Crippen molar-refractivity contribution in [2.24, 2.45) is 0 Å². The predicted octanol–water partition coefficient (Wildman–Crippen LogP) is 3.03. The third-order valence-electron chi connectivity index (χ3n) is 2.70. The average molecular weight is 392 g/mol. The Bertz CT molecular complexity index is 813. The molecule has 2 heterocycles. The molecule has 21 heavy (non-hydrogen) atoms. The van der Waals surface area contributed by atoms with Crippen molar-refractivity contribution in [1.82, 2.24) is 4.98 Å². The molecule has 1 aliphatic heterocycles. The topological polar surface area (TPSA) is 77.5 Å². The number of ether oxygens (including phenoxy) is 2. The molecule has 6 nitrogen and oxygen atoms in total. The summed E-state index contributed by atoms with van der Waals surface area (Å²) in [5.74, 6) is 0.913. The lowest BCUT2D eigenvalue weighted by molar-refractivity contribution is 0.174. The second-order valence-corrected chi connectivity index (χ2v) is 7.13. The molecule has 9 heteroatoms. The van der Waals surface area contributed by atoms with Gasteiger partial charge in [0, 0.05) is 29.0 Å². The fraction of sp³-hybridized carbons (Fsp3) is 0.0833. The molecule has 0 aliphatic carbocycles. The van der Waals surface area contributed by atoms with E-state index in [1.807, 2.05) is 0 Å². The summed E-state index contributed by atoms with van der Waals surface area (Å²) in [5, 5.41) is 0.214. The summed E-state index contributed by atoms with van der Waals surface area (Å²) >= 11 is 9.22. The number of nitrogens with one attached hydrogen (secondary N) is 1. The van der Waals surface area contributed by atoms with Gasteiger partial charge < -0.3 is 9.47 Å². The quantitative estimate of drug-likeness (QED) is 0.870. The summed E-state index contributed by atoms with van der Waals surface area (Å²) in [6, 6.07) is 4.42. The zero-order valence-electron chi connectivity index (χ0n) is 10.3. The number of aromatic nitrogens is 1. The van der Waals surface area contributed by atoms with Crippen molar-refractivity contribution in [3.63, 3.8) is 0 Å². The Kier molecular flexibility index (Phi) is 3.68. The van der Waals surface area contributed by atoms with Gasteiger partial charge in [-0.15, -0.1) is 0 Å². The van der Waals surface area contributed by atoms with Crippen LogP contribution < -0.4 is 14.2 Å². The smallest absolute Gasteiger partial charge is 0.263 e. The number of pyridine rings is 1. The molecule has 0 saturated heterocycles. The van der Waals surface area contributed by atoms with Crippen molar-refractivity contribution in [3.8, 4) is 11.5 Å². The van der Waals surface area contributed by atoms with Crippen LogP contribution in [0.4, 0.5) is 5.69 Å². The molecule has 110 valence electrons. The molecule has 2 aromatic rings. The highest BCUT2D eigenvalue weighted by atomic mass is 79.9. The molecule has 0 bridgehead atoms. The lowest BCUT2D eigenvalue weighted by Crippen LogP contribution is -2.13. The largest absolute Gasteiger partial charge is 0.454 e. The Morgan fingerprint density at radius 1 is 1.19 bits per heavy atom. The molecule has 0 unspecified atom stereocenters. The number of hydrogen-bond acceptors (Lipinski definition) is 5. The minimum absolute atomic E-state index is 0.0191. The van der Waals surface area contributed by atoms with Crippen LogP contribution in [-0.2, 0) is 10.0 Å². The van der Waals surface area contributed by atoms with E-state index in [-0.39, 0.29) is 22.4 Å². The van der Waals surface area contributed by atoms with Gasteiger partial charge in [0.05, 0.1) is 10.7 Å². The van der Waals surface area contributed by atoms with Crippen molar-refractivity contribution in [1.29, 1.82) is 0 Å². The van der Waals surface area contributed by atoms with E-state index in [0.717, 1.165) is 0 Å². The zero-order chi connectivity index (χ0) is 15.0. The van der Waals surface area contributed by atoms with E-state index in [9.17, 15) is 8.42 Å². The van der Waals surface area contributed by atoms with Gasteiger partial charge in [0.15, 0.2) is 11.5 Å². The molecule has 0 radical (unpaired) electrons. The van der Waals surface area contributed by atoms with Gasteiger partial charge in [0.2, 0.25) is 6.79 Å². The molecule has 0 spiro atoms. The zero-order valence-corrected chi connectivity index (χ0v) is 13.5. The van der Waals surface area contributed by atoms with Crippen LogP contribution in [0.2, 0.25) is 5.02 Å². The third kappa shape index (κ3) is 2.92. The highest BCUT2D eigenvalue weighted by molar-refractivity contribution is 9.10. The maximum Gasteiger partial charge on any atom is 0.263 e. The number of hydrogen-bond donors (Lipinski definition) is 1. The van der Waals surface area contributed by atoms with E-state index in [1.54, 1.807) is 0 Å². The molecule has 1 N–H and O–H groups in total. The van der Waals surface area contributed by atoms with E-state index >= 15 is 0 Å². The Balaban J connectivity index is 1.96. The summed E-state index contributed by atoms with van der Waals surface area (Å²) in [6.45, 7) is 0.0808. The first-order chi connectivity index (χ1) is 9.95. The molecule has 0 amide bonds. The Morgan fingerprint density at radius 3 is 2.62 bits per heavy atom. The normalized spacial score (nSPS) is 13.2. The second-order valence-electron chi connectivity index (χ2n) is 4.13. The highest BCUT2D eigenvalue weighted by Gasteiger charge is 2.21. The first-order valence-electron chi connectivity index (χ1n) is 5.68. The predicted molar refractivity (Wildman–Crippen MR) is 80.3 cm³/mol. The van der Waals surface area contributed by atoms with Crippen molar-refractivity contribution in [3.05, 3.63) is 40.1 Å². The van der Waals surface area contributed by atoms with Crippen molar-refractivity contribution in [2.45, 2.75) is 4.90 Å². The third-order valence-corrected chi connectivity index (χ3v) is 4.78. The van der Waals surface area contributed by atoms with Gasteiger partial charge >= 0.3 is 0 Å². The van der Waals surface area contributed by atoms with Crippen LogP contribution in [0, 0.1) is 0 Å². The van der Waals surface area contributed by atoms with Crippen LogP contribution in [-0.4, -0.2) is 20.2 Å². The number of halogens is 2. The first kappa shape index (κ1) is 14.4. The summed E-state index contributed by atoms with van der Waals surface area (Å²) in [6.07, 6.45) is 2.74. The molecule has 3 rings (SSSR count). The SMILES string of the molecule is O=S(=O)(Nc1cc2c(cc1Cl)OCO2)c1cncc(Br)c1. The Morgan fingerprint density at radius 2 is 1.90 bits per heavy atom. The number of nitrogens with zero attached hydrogens (tertiary/aromatic N) is 1.